The van der Waals surface area contributed by atoms with Crippen LogP contribution in [0.15, 0.2) is 30.3 Å². The van der Waals surface area contributed by atoms with Crippen molar-refractivity contribution in [1.82, 2.24) is 20.4 Å². The van der Waals surface area contributed by atoms with E-state index in [4.69, 9.17) is 9.47 Å². The van der Waals surface area contributed by atoms with Gasteiger partial charge in [0.2, 0.25) is 23.6 Å². The summed E-state index contributed by atoms with van der Waals surface area (Å²) in [5.74, 6) is -1.78. The third-order valence-electron chi connectivity index (χ3n) is 10.7. The molecule has 1 aliphatic heterocycles. The Morgan fingerprint density at radius 2 is 1.58 bits per heavy atom. The third-order valence-corrected chi connectivity index (χ3v) is 10.7. The van der Waals surface area contributed by atoms with Crippen LogP contribution in [-0.2, 0) is 49.7 Å². The second kappa shape index (κ2) is 22.8. The Balaban J connectivity index is 0.0000135. The number of amides is 4. The summed E-state index contributed by atoms with van der Waals surface area (Å²) < 4.78 is 11.9. The average molecular weight is 901 g/mol. The second-order valence-corrected chi connectivity index (χ2v) is 14.9. The first-order chi connectivity index (χ1) is 24.0. The van der Waals surface area contributed by atoms with Gasteiger partial charge in [0, 0.05) is 48.9 Å². The number of nitrogens with one attached hydrogen (secondary N) is 2. The van der Waals surface area contributed by atoms with Crippen LogP contribution in [0.1, 0.15) is 92.7 Å². The van der Waals surface area contributed by atoms with E-state index in [0.717, 1.165) is 12.8 Å². The van der Waals surface area contributed by atoms with Gasteiger partial charge >= 0.3 is 0 Å². The Bertz CT molecular complexity index is 1250. The number of methoxy groups -OCH3 is 2. The fourth-order valence-electron chi connectivity index (χ4n) is 7.37. The van der Waals surface area contributed by atoms with Crippen molar-refractivity contribution in [2.75, 3.05) is 34.9 Å². The number of rotatable bonds is 20. The van der Waals surface area contributed by atoms with Gasteiger partial charge in [-0.3, -0.25) is 19.2 Å². The molecule has 1 heterocycles. The van der Waals surface area contributed by atoms with E-state index < -0.39 is 48.4 Å². The van der Waals surface area contributed by atoms with E-state index in [1.807, 2.05) is 71.9 Å². The zero-order valence-corrected chi connectivity index (χ0v) is 36.4. The Kier molecular flexibility index (Phi) is 20.8. The zero-order valence-electron chi connectivity index (χ0n) is 33.5. The van der Waals surface area contributed by atoms with Crippen molar-refractivity contribution in [2.45, 2.75) is 130 Å². The minimum atomic E-state index is -0.877. The van der Waals surface area contributed by atoms with Crippen molar-refractivity contribution in [2.24, 2.45) is 23.7 Å². The van der Waals surface area contributed by atoms with Gasteiger partial charge < -0.3 is 40.3 Å². The molecule has 1 saturated heterocycles. The molecular weight excluding hydrogens is 834 g/mol. The van der Waals surface area contributed by atoms with Crippen molar-refractivity contribution in [1.29, 1.82) is 0 Å². The van der Waals surface area contributed by atoms with Crippen molar-refractivity contribution >= 4 is 23.6 Å². The number of nitrogens with zero attached hydrogens (tertiary/aromatic N) is 3. The van der Waals surface area contributed by atoms with E-state index in [1.54, 1.807) is 52.0 Å². The summed E-state index contributed by atoms with van der Waals surface area (Å²) in [4.78, 5) is 58.2. The van der Waals surface area contributed by atoms with Crippen LogP contribution in [0.5, 0.6) is 0 Å². The number of likely N-dealkylation sites (tertiary alicyclic amines) is 1. The van der Waals surface area contributed by atoms with Crippen molar-refractivity contribution in [3.05, 3.63) is 41.2 Å². The number of likely N-dealkylation sites (N-methyl/N-ethyl adjacent to an activating group) is 2. The minimum absolute atomic E-state index is 0. The first-order valence-corrected chi connectivity index (χ1v) is 18.6. The molecule has 0 spiro atoms. The Morgan fingerprint density at radius 3 is 2.08 bits per heavy atom. The summed E-state index contributed by atoms with van der Waals surface area (Å²) in [5, 5.41) is 20.9. The monoisotopic (exact) mass is 900 g/mol. The quantitative estimate of drug-likeness (QED) is 0.177. The van der Waals surface area contributed by atoms with Gasteiger partial charge in [-0.1, -0.05) is 97.2 Å². The van der Waals surface area contributed by atoms with E-state index in [-0.39, 0.29) is 74.9 Å². The SMILES string of the molecule is CCC(C)C(C(CC(=O)N1CCCC1C(OC)C(C)C(=O)NC(C)C(O)c1ccccc1)OC)N(C)C(=O)C(NC(=O)C([N-]C)C(C)C)C(C)C.[W]. The molecule has 1 aliphatic rings. The smallest absolute Gasteiger partial charge is 0.245 e. The average Bonchev–Trinajstić information content (AvgIpc) is 3.59. The predicted molar refractivity (Wildman–Crippen MR) is 200 cm³/mol. The van der Waals surface area contributed by atoms with E-state index >= 15 is 0 Å². The molecule has 1 aromatic rings. The first kappa shape index (κ1) is 47.6. The van der Waals surface area contributed by atoms with Crippen LogP contribution >= 0.6 is 0 Å². The molecule has 12 nitrogen and oxygen atoms in total. The molecule has 1 fully saturated rings. The number of carbonyl (C=O) groups excluding carboxylic acids is 4. The van der Waals surface area contributed by atoms with Gasteiger partial charge in [0.1, 0.15) is 6.04 Å². The molecule has 13 heteroatoms. The maximum atomic E-state index is 14.1. The first-order valence-electron chi connectivity index (χ1n) is 18.6. The molecule has 0 aliphatic carbocycles. The maximum absolute atomic E-state index is 14.1. The molecule has 2 rings (SSSR count). The number of hydrogen-bond acceptors (Lipinski definition) is 7. The van der Waals surface area contributed by atoms with Gasteiger partial charge in [0.25, 0.3) is 0 Å². The third kappa shape index (κ3) is 12.3. The molecular formula is C39H66N5O7W-. The van der Waals surface area contributed by atoms with Crippen molar-refractivity contribution in [3.63, 3.8) is 0 Å². The zero-order chi connectivity index (χ0) is 38.6. The number of hydrogen-bond donors (Lipinski definition) is 3. The molecule has 1 aromatic carbocycles. The molecule has 296 valence electrons. The van der Waals surface area contributed by atoms with Crippen LogP contribution in [0.25, 0.3) is 5.32 Å². The van der Waals surface area contributed by atoms with E-state index in [0.29, 0.717) is 18.5 Å². The molecule has 10 unspecified atom stereocenters. The van der Waals surface area contributed by atoms with Gasteiger partial charge in [-0.15, -0.1) is 0 Å². The van der Waals surface area contributed by atoms with Crippen molar-refractivity contribution in [3.8, 4) is 0 Å². The Hall–Kier alpha value is -2.37. The Labute approximate surface area is 327 Å². The molecule has 0 bridgehead atoms. The van der Waals surface area contributed by atoms with Gasteiger partial charge in [-0.25, -0.2) is 0 Å². The van der Waals surface area contributed by atoms with Crippen LogP contribution < -0.4 is 10.6 Å². The van der Waals surface area contributed by atoms with Crippen molar-refractivity contribution < 1.29 is 54.8 Å². The molecule has 3 N–H and O–H groups in total. The number of ether oxygens (including phenoxy) is 2. The molecule has 10 atom stereocenters. The summed E-state index contributed by atoms with van der Waals surface area (Å²) in [6, 6.07) is 6.51. The summed E-state index contributed by atoms with van der Waals surface area (Å²) in [7, 11) is 6.43. The topological polar surface area (TPSA) is 152 Å². The fourth-order valence-corrected chi connectivity index (χ4v) is 7.37. The van der Waals surface area contributed by atoms with E-state index in [1.165, 1.54) is 0 Å². The largest absolute Gasteiger partial charge is 0.654 e. The molecule has 0 aromatic heterocycles. The summed E-state index contributed by atoms with van der Waals surface area (Å²) in [6.07, 6.45) is 0.122. The number of benzene rings is 1. The number of aliphatic hydroxyl groups is 1. The van der Waals surface area contributed by atoms with Crippen LogP contribution in [-0.4, -0.2) is 116 Å². The number of aliphatic hydroxyl groups excluding tert-OH is 1. The minimum Gasteiger partial charge on any atom is -0.654 e. The Morgan fingerprint density at radius 1 is 0.962 bits per heavy atom. The molecule has 0 radical (unpaired) electrons. The predicted octanol–water partition coefficient (Wildman–Crippen LogP) is 4.31. The summed E-state index contributed by atoms with van der Waals surface area (Å²) >= 11 is 0. The van der Waals surface area contributed by atoms with Crippen LogP contribution in [0, 0.1) is 23.7 Å². The summed E-state index contributed by atoms with van der Waals surface area (Å²) in [5.41, 5.74) is 0.709. The van der Waals surface area contributed by atoms with Crippen LogP contribution in [0.3, 0.4) is 0 Å². The second-order valence-electron chi connectivity index (χ2n) is 14.9. The van der Waals surface area contributed by atoms with Gasteiger partial charge in [-0.2, -0.15) is 7.05 Å². The molecule has 52 heavy (non-hydrogen) atoms. The van der Waals surface area contributed by atoms with Gasteiger partial charge in [0.15, 0.2) is 0 Å². The number of carbonyl (C=O) groups is 4. The molecule has 4 amide bonds. The fraction of sp³-hybridized carbons (Fsp3) is 0.744. The van der Waals surface area contributed by atoms with E-state index in [9.17, 15) is 24.3 Å². The van der Waals surface area contributed by atoms with E-state index in [2.05, 4.69) is 16.0 Å². The molecule has 0 saturated carbocycles. The van der Waals surface area contributed by atoms with Gasteiger partial charge in [-0.05, 0) is 37.2 Å². The normalized spacial score (nSPS) is 19.8. The summed E-state index contributed by atoms with van der Waals surface area (Å²) in [6.45, 7) is 15.8. The maximum Gasteiger partial charge on any atom is 0.245 e. The van der Waals surface area contributed by atoms with Crippen LogP contribution in [0.2, 0.25) is 0 Å². The van der Waals surface area contributed by atoms with Gasteiger partial charge in [0.05, 0.1) is 48.8 Å². The standard InChI is InChI=1S/C39H66N5O7.W/c1-13-25(6)34(43(10)39(49)33(24(4)5)42-38(48)32(40-9)23(2)3)30(50-11)22-31(45)44-21-17-20-29(44)36(51-12)26(7)37(47)41-27(8)35(46)28-18-15-14-16-19-28;/h14-16,18-19,23-27,29-30,32-36,46H,13,17,20-22H2,1-12H3,(H,41,47)(H,42,48);/q-1;. The van der Waals surface area contributed by atoms with Crippen LogP contribution in [0.4, 0.5) is 0 Å².